The Labute approximate surface area is 89.8 Å². The quantitative estimate of drug-likeness (QED) is 0.781. The molecule has 1 fully saturated rings. The molecule has 1 unspecified atom stereocenters. The first kappa shape index (κ1) is 10.6. The van der Waals surface area contributed by atoms with Crippen molar-refractivity contribution in [1.82, 2.24) is 20.1 Å². The van der Waals surface area contributed by atoms with Gasteiger partial charge in [0.15, 0.2) is 0 Å². The maximum Gasteiger partial charge on any atom is 0.135 e. The van der Waals surface area contributed by atoms with Crippen LogP contribution < -0.4 is 5.32 Å². The summed E-state index contributed by atoms with van der Waals surface area (Å²) in [6.45, 7) is 2.86. The van der Waals surface area contributed by atoms with E-state index in [0.717, 1.165) is 25.3 Å². The topological polar surface area (TPSA) is 52.0 Å². The maximum atomic E-state index is 5.06. The van der Waals surface area contributed by atoms with Crippen molar-refractivity contribution in [2.45, 2.75) is 25.3 Å². The Bertz CT molecular complexity index is 293. The number of methoxy groups -OCH3 is 1. The van der Waals surface area contributed by atoms with E-state index in [9.17, 15) is 0 Å². The van der Waals surface area contributed by atoms with Crippen molar-refractivity contribution in [3.63, 3.8) is 0 Å². The minimum atomic E-state index is 0.514. The van der Waals surface area contributed by atoms with Crippen LogP contribution in [0.1, 0.15) is 24.7 Å². The van der Waals surface area contributed by atoms with Crippen LogP contribution >= 0.6 is 0 Å². The van der Waals surface area contributed by atoms with Crippen LogP contribution in [0.4, 0.5) is 0 Å². The SMILES string of the molecule is COCCc1nncn1C1CCCNC1. The molecular weight excluding hydrogens is 192 g/mol. The summed E-state index contributed by atoms with van der Waals surface area (Å²) in [7, 11) is 1.71. The molecule has 0 bridgehead atoms. The molecule has 1 saturated heterocycles. The fourth-order valence-corrected chi connectivity index (χ4v) is 2.01. The molecule has 0 spiro atoms. The third-order valence-corrected chi connectivity index (χ3v) is 2.84. The van der Waals surface area contributed by atoms with Crippen molar-refractivity contribution in [2.24, 2.45) is 0 Å². The van der Waals surface area contributed by atoms with E-state index in [1.54, 1.807) is 7.11 Å². The van der Waals surface area contributed by atoms with E-state index in [0.29, 0.717) is 12.6 Å². The van der Waals surface area contributed by atoms with Crippen LogP contribution in [0.2, 0.25) is 0 Å². The third-order valence-electron chi connectivity index (χ3n) is 2.84. The number of hydrogen-bond donors (Lipinski definition) is 1. The smallest absolute Gasteiger partial charge is 0.135 e. The Morgan fingerprint density at radius 3 is 3.33 bits per heavy atom. The predicted molar refractivity (Wildman–Crippen MR) is 56.7 cm³/mol. The van der Waals surface area contributed by atoms with Gasteiger partial charge in [-0.05, 0) is 19.4 Å². The fraction of sp³-hybridized carbons (Fsp3) is 0.800. The number of hydrogen-bond acceptors (Lipinski definition) is 4. The van der Waals surface area contributed by atoms with Crippen molar-refractivity contribution in [3.8, 4) is 0 Å². The molecular formula is C10H18N4O. The number of rotatable bonds is 4. The zero-order valence-electron chi connectivity index (χ0n) is 9.15. The van der Waals surface area contributed by atoms with Crippen LogP contribution in [0.25, 0.3) is 0 Å². The normalized spacial score (nSPS) is 21.8. The van der Waals surface area contributed by atoms with Gasteiger partial charge in [-0.2, -0.15) is 0 Å². The van der Waals surface area contributed by atoms with E-state index in [2.05, 4.69) is 20.1 Å². The van der Waals surface area contributed by atoms with Crippen molar-refractivity contribution < 1.29 is 4.74 Å². The second-order valence-corrected chi connectivity index (χ2v) is 3.90. The van der Waals surface area contributed by atoms with Crippen LogP contribution in [0.3, 0.4) is 0 Å². The van der Waals surface area contributed by atoms with Crippen LogP contribution in [-0.4, -0.2) is 41.6 Å². The molecule has 0 saturated carbocycles. The average molecular weight is 210 g/mol. The van der Waals surface area contributed by atoms with Gasteiger partial charge in [0.25, 0.3) is 0 Å². The Morgan fingerprint density at radius 1 is 1.67 bits per heavy atom. The number of piperidine rings is 1. The van der Waals surface area contributed by atoms with Crippen LogP contribution in [0, 0.1) is 0 Å². The maximum absolute atomic E-state index is 5.06. The Balaban J connectivity index is 2.02. The van der Waals surface area contributed by atoms with Gasteiger partial charge in [-0.15, -0.1) is 10.2 Å². The molecule has 84 valence electrons. The first-order chi connectivity index (χ1) is 7.42. The number of aromatic nitrogens is 3. The van der Waals surface area contributed by atoms with Gasteiger partial charge in [-0.1, -0.05) is 0 Å². The van der Waals surface area contributed by atoms with Gasteiger partial charge in [0.1, 0.15) is 12.2 Å². The highest BCUT2D eigenvalue weighted by Crippen LogP contribution is 2.17. The minimum Gasteiger partial charge on any atom is -0.384 e. The summed E-state index contributed by atoms with van der Waals surface area (Å²) in [5.41, 5.74) is 0. The summed E-state index contributed by atoms with van der Waals surface area (Å²) in [6, 6.07) is 0.514. The highest BCUT2D eigenvalue weighted by atomic mass is 16.5. The molecule has 15 heavy (non-hydrogen) atoms. The molecule has 1 aliphatic heterocycles. The monoisotopic (exact) mass is 210 g/mol. The van der Waals surface area contributed by atoms with Crippen molar-refractivity contribution in [2.75, 3.05) is 26.8 Å². The zero-order chi connectivity index (χ0) is 10.5. The van der Waals surface area contributed by atoms with Crippen molar-refractivity contribution >= 4 is 0 Å². The van der Waals surface area contributed by atoms with Crippen molar-refractivity contribution in [3.05, 3.63) is 12.2 Å². The predicted octanol–water partition coefficient (Wildman–Crippen LogP) is 0.392. The van der Waals surface area contributed by atoms with Gasteiger partial charge in [0.05, 0.1) is 6.61 Å². The summed E-state index contributed by atoms with van der Waals surface area (Å²) in [4.78, 5) is 0. The second kappa shape index (κ2) is 5.23. The second-order valence-electron chi connectivity index (χ2n) is 3.90. The third kappa shape index (κ3) is 2.54. The summed E-state index contributed by atoms with van der Waals surface area (Å²) >= 11 is 0. The van der Waals surface area contributed by atoms with Gasteiger partial charge in [-0.25, -0.2) is 0 Å². The number of ether oxygens (including phenoxy) is 1. The molecule has 0 amide bonds. The van der Waals surface area contributed by atoms with E-state index < -0.39 is 0 Å². The van der Waals surface area contributed by atoms with Gasteiger partial charge in [0, 0.05) is 26.1 Å². The number of nitrogens with zero attached hydrogens (tertiary/aromatic N) is 3. The zero-order valence-corrected chi connectivity index (χ0v) is 9.15. The lowest BCUT2D eigenvalue weighted by atomic mass is 10.1. The molecule has 0 radical (unpaired) electrons. The lowest BCUT2D eigenvalue weighted by molar-refractivity contribution is 0.198. The molecule has 5 nitrogen and oxygen atoms in total. The standard InChI is InChI=1S/C10H18N4O/c1-15-6-4-10-13-12-8-14(10)9-3-2-5-11-7-9/h8-9,11H,2-7H2,1H3. The summed E-state index contributed by atoms with van der Waals surface area (Å²) in [5.74, 6) is 1.03. The van der Waals surface area contributed by atoms with Crippen LogP contribution in [-0.2, 0) is 11.2 Å². The van der Waals surface area contributed by atoms with Crippen LogP contribution in [0.5, 0.6) is 0 Å². The molecule has 5 heteroatoms. The largest absolute Gasteiger partial charge is 0.384 e. The van der Waals surface area contributed by atoms with E-state index in [1.807, 2.05) is 6.33 Å². The van der Waals surface area contributed by atoms with Crippen molar-refractivity contribution in [1.29, 1.82) is 0 Å². The fourth-order valence-electron chi connectivity index (χ4n) is 2.01. The molecule has 1 aliphatic rings. The molecule has 1 atom stereocenters. The molecule has 1 N–H and O–H groups in total. The molecule has 0 aliphatic carbocycles. The summed E-state index contributed by atoms with van der Waals surface area (Å²) in [6.07, 6.45) is 5.12. The molecule has 0 aromatic carbocycles. The van der Waals surface area contributed by atoms with E-state index >= 15 is 0 Å². The van der Waals surface area contributed by atoms with E-state index in [1.165, 1.54) is 12.8 Å². The molecule has 2 rings (SSSR count). The highest BCUT2D eigenvalue weighted by Gasteiger charge is 2.17. The highest BCUT2D eigenvalue weighted by molar-refractivity contribution is 4.91. The Morgan fingerprint density at radius 2 is 2.60 bits per heavy atom. The summed E-state index contributed by atoms with van der Waals surface area (Å²) < 4.78 is 7.25. The first-order valence-electron chi connectivity index (χ1n) is 5.50. The van der Waals surface area contributed by atoms with E-state index in [4.69, 9.17) is 4.74 Å². The van der Waals surface area contributed by atoms with Gasteiger partial charge < -0.3 is 14.6 Å². The Kier molecular flexibility index (Phi) is 3.69. The van der Waals surface area contributed by atoms with E-state index in [-0.39, 0.29) is 0 Å². The molecule has 1 aromatic rings. The van der Waals surface area contributed by atoms with Gasteiger partial charge in [0.2, 0.25) is 0 Å². The Hall–Kier alpha value is -0.940. The lowest BCUT2D eigenvalue weighted by Gasteiger charge is -2.24. The molecule has 2 heterocycles. The van der Waals surface area contributed by atoms with Gasteiger partial charge >= 0.3 is 0 Å². The number of nitrogens with one attached hydrogen (secondary N) is 1. The van der Waals surface area contributed by atoms with Crippen LogP contribution in [0.15, 0.2) is 6.33 Å². The summed E-state index contributed by atoms with van der Waals surface area (Å²) in [5, 5.41) is 11.5. The first-order valence-corrected chi connectivity index (χ1v) is 5.50. The minimum absolute atomic E-state index is 0.514. The molecule has 1 aromatic heterocycles. The van der Waals surface area contributed by atoms with Gasteiger partial charge in [-0.3, -0.25) is 0 Å². The lowest BCUT2D eigenvalue weighted by Crippen LogP contribution is -2.32. The average Bonchev–Trinajstić information content (AvgIpc) is 2.75.